The Morgan fingerprint density at radius 3 is 1.45 bits per heavy atom. The molecular weight excluding hydrogens is 374 g/mol. The summed E-state index contributed by atoms with van der Waals surface area (Å²) in [7, 11) is 0. The van der Waals surface area contributed by atoms with Crippen LogP contribution in [0, 0.1) is 13.8 Å². The molecule has 0 radical (unpaired) electrons. The van der Waals surface area contributed by atoms with Crippen LogP contribution in [0.4, 0.5) is 0 Å². The van der Waals surface area contributed by atoms with Crippen molar-refractivity contribution in [2.24, 2.45) is 0 Å². The Labute approximate surface area is 188 Å². The van der Waals surface area contributed by atoms with Crippen molar-refractivity contribution in [2.45, 2.75) is 6.92 Å². The number of hydrogen-bond donors (Lipinski definition) is 0. The third kappa shape index (κ3) is 13.2. The molecule has 0 saturated carbocycles. The minimum absolute atomic E-state index is 0. The van der Waals surface area contributed by atoms with Gasteiger partial charge >= 0.3 is 138 Å². The van der Waals surface area contributed by atoms with Crippen molar-refractivity contribution >= 4 is 0 Å². The Kier molecular flexibility index (Phi) is 28.1. The van der Waals surface area contributed by atoms with Gasteiger partial charge in [-0.1, -0.05) is 6.07 Å². The van der Waals surface area contributed by atoms with Gasteiger partial charge in [0.2, 0.25) is 0 Å². The summed E-state index contributed by atoms with van der Waals surface area (Å²) in [6.07, 6.45) is 0. The molecule has 0 aliphatic heterocycles. The fourth-order valence-corrected chi connectivity index (χ4v) is 0.478. The molecule has 0 saturated heterocycles. The van der Waals surface area contributed by atoms with Gasteiger partial charge in [0.25, 0.3) is 0 Å². The molecule has 0 aromatic heterocycles. The van der Waals surface area contributed by atoms with E-state index in [0.29, 0.717) is 0 Å². The molecule has 2 heteroatoms. The Morgan fingerprint density at radius 2 is 1.27 bits per heavy atom. The number of hydrogen-bond acceptors (Lipinski definition) is 0. The van der Waals surface area contributed by atoms with E-state index in [-0.39, 0.29) is 138 Å². The summed E-state index contributed by atoms with van der Waals surface area (Å²) in [6.45, 7) is 8.72. The molecule has 50 valence electrons. The zero-order valence-corrected chi connectivity index (χ0v) is 20.4. The molecule has 0 bridgehead atoms. The average Bonchev–Trinajstić information content (AvgIpc) is 1.94. The van der Waals surface area contributed by atoms with Crippen LogP contribution in [-0.2, 0) is 0 Å². The summed E-state index contributed by atoms with van der Waals surface area (Å²) < 4.78 is 0. The summed E-state index contributed by atoms with van der Waals surface area (Å²) >= 11 is 0. The summed E-state index contributed by atoms with van der Waals surface area (Å²) in [5, 5.41) is 0. The first-order chi connectivity index (χ1) is 4.39. The van der Waals surface area contributed by atoms with Crippen LogP contribution in [0.1, 0.15) is 12.5 Å². The predicted molar refractivity (Wildman–Crippen MR) is 41.9 cm³/mol. The third-order valence-corrected chi connectivity index (χ3v) is 0.843. The van der Waals surface area contributed by atoms with E-state index < -0.39 is 0 Å². The van der Waals surface area contributed by atoms with Crippen LogP contribution in [0.5, 0.6) is 0 Å². The second-order valence-corrected chi connectivity index (χ2v) is 1.49. The molecule has 0 atom stereocenters. The molecular formula is C9H12Cs2. The van der Waals surface area contributed by atoms with E-state index in [2.05, 4.69) is 13.8 Å². The van der Waals surface area contributed by atoms with E-state index in [1.165, 1.54) is 0 Å². The summed E-state index contributed by atoms with van der Waals surface area (Å²) in [5.41, 5.74) is 1.07. The van der Waals surface area contributed by atoms with Gasteiger partial charge in [0.1, 0.15) is 0 Å². The van der Waals surface area contributed by atoms with Gasteiger partial charge in [0, 0.05) is 0 Å². The summed E-state index contributed by atoms with van der Waals surface area (Å²) in [6, 6.07) is 9.87. The maximum Gasteiger partial charge on any atom is 1.00 e. The van der Waals surface area contributed by atoms with E-state index in [9.17, 15) is 0 Å². The summed E-state index contributed by atoms with van der Waals surface area (Å²) in [5.74, 6) is 0. The van der Waals surface area contributed by atoms with Crippen molar-refractivity contribution in [1.29, 1.82) is 0 Å². The molecule has 1 aromatic carbocycles. The first kappa shape index (κ1) is 19.7. The Morgan fingerprint density at radius 1 is 0.909 bits per heavy atom. The van der Waals surface area contributed by atoms with Crippen molar-refractivity contribution in [3.63, 3.8) is 0 Å². The first-order valence-corrected chi connectivity index (χ1v) is 2.97. The minimum Gasteiger partial charge on any atom is -0.346 e. The molecule has 0 aliphatic rings. The van der Waals surface area contributed by atoms with E-state index in [4.69, 9.17) is 0 Å². The monoisotopic (exact) mass is 386 g/mol. The van der Waals surface area contributed by atoms with Gasteiger partial charge in [-0.15, -0.1) is 12.1 Å². The van der Waals surface area contributed by atoms with Gasteiger partial charge in [0.05, 0.1) is 0 Å². The zero-order chi connectivity index (χ0) is 7.11. The molecule has 0 spiro atoms. The van der Waals surface area contributed by atoms with E-state index in [0.717, 1.165) is 5.56 Å². The standard InChI is InChI=1S/C7H7.C2H5.2Cs/c1-7-5-3-2-4-6-7;1-2;;/h2-6H,1H2;1H2,2H3;;/q2*-1;2*+1. The molecule has 0 aliphatic carbocycles. The smallest absolute Gasteiger partial charge is 0.346 e. The maximum absolute atomic E-state index is 3.72. The predicted octanol–water partition coefficient (Wildman–Crippen LogP) is -3.28. The second-order valence-electron chi connectivity index (χ2n) is 1.49. The molecule has 0 fully saturated rings. The molecule has 1 rings (SSSR count). The quantitative estimate of drug-likeness (QED) is 0.411. The fraction of sp³-hybridized carbons (Fsp3) is 0.111. The molecule has 0 unspecified atom stereocenters. The molecule has 0 N–H and O–H groups in total. The molecule has 0 nitrogen and oxygen atoms in total. The Bertz CT molecular complexity index is 137. The first-order valence-electron chi connectivity index (χ1n) is 2.97. The van der Waals surface area contributed by atoms with Crippen molar-refractivity contribution in [3.8, 4) is 0 Å². The molecule has 0 heterocycles. The van der Waals surface area contributed by atoms with Crippen molar-refractivity contribution in [2.75, 3.05) is 0 Å². The van der Waals surface area contributed by atoms with Crippen LogP contribution >= 0.6 is 0 Å². The molecule has 1 aromatic rings. The average molecular weight is 386 g/mol. The SMILES string of the molecule is [CH2-]C.[CH2-]c1ccccc1.[Cs+].[Cs+]. The van der Waals surface area contributed by atoms with Gasteiger partial charge in [-0.3, -0.25) is 0 Å². The minimum atomic E-state index is 0. The van der Waals surface area contributed by atoms with Gasteiger partial charge in [-0.2, -0.15) is 31.5 Å². The zero-order valence-electron chi connectivity index (χ0n) is 7.80. The van der Waals surface area contributed by atoms with Crippen LogP contribution in [0.15, 0.2) is 30.3 Å². The van der Waals surface area contributed by atoms with Crippen LogP contribution in [-0.4, -0.2) is 0 Å². The van der Waals surface area contributed by atoms with Gasteiger partial charge in [-0.05, 0) is 0 Å². The van der Waals surface area contributed by atoms with Crippen LogP contribution < -0.4 is 138 Å². The van der Waals surface area contributed by atoms with Crippen molar-refractivity contribution in [3.05, 3.63) is 49.7 Å². The Balaban J connectivity index is -0.000000149. The van der Waals surface area contributed by atoms with E-state index >= 15 is 0 Å². The number of rotatable bonds is 0. The maximum atomic E-state index is 3.72. The summed E-state index contributed by atoms with van der Waals surface area (Å²) in [4.78, 5) is 0. The van der Waals surface area contributed by atoms with Crippen LogP contribution in [0.3, 0.4) is 0 Å². The van der Waals surface area contributed by atoms with Crippen molar-refractivity contribution in [1.82, 2.24) is 0 Å². The van der Waals surface area contributed by atoms with Gasteiger partial charge in [-0.25, -0.2) is 0 Å². The van der Waals surface area contributed by atoms with Gasteiger partial charge < -0.3 is 6.92 Å². The van der Waals surface area contributed by atoms with Crippen molar-refractivity contribution < 1.29 is 138 Å². The molecule has 11 heavy (non-hydrogen) atoms. The Hall–Kier alpha value is 3.19. The van der Waals surface area contributed by atoms with Crippen LogP contribution in [0.2, 0.25) is 0 Å². The topological polar surface area (TPSA) is 0 Å². The largest absolute Gasteiger partial charge is 1.00 e. The fourth-order valence-electron chi connectivity index (χ4n) is 0.478. The number of benzene rings is 1. The van der Waals surface area contributed by atoms with Crippen LogP contribution in [0.25, 0.3) is 0 Å². The van der Waals surface area contributed by atoms with Gasteiger partial charge in [0.15, 0.2) is 0 Å². The second kappa shape index (κ2) is 15.7. The normalized spacial score (nSPS) is 6.00. The third-order valence-electron chi connectivity index (χ3n) is 0.843. The molecule has 0 amide bonds. The van der Waals surface area contributed by atoms with E-state index in [1.54, 1.807) is 6.92 Å². The van der Waals surface area contributed by atoms with E-state index in [1.807, 2.05) is 30.3 Å².